The van der Waals surface area contributed by atoms with Crippen LogP contribution in [0.3, 0.4) is 0 Å². The van der Waals surface area contributed by atoms with E-state index in [4.69, 9.17) is 4.74 Å². The van der Waals surface area contributed by atoms with Gasteiger partial charge in [-0.15, -0.1) is 0 Å². The molecular weight excluding hydrogens is 258 g/mol. The molecule has 0 aromatic heterocycles. The quantitative estimate of drug-likeness (QED) is 0.726. The molecule has 0 unspecified atom stereocenters. The highest BCUT2D eigenvalue weighted by Gasteiger charge is 2.38. The molecule has 0 radical (unpaired) electrons. The second kappa shape index (κ2) is 7.43. The van der Waals surface area contributed by atoms with Crippen molar-refractivity contribution in [3.05, 3.63) is 11.6 Å². The number of carboxylic acids is 1. The summed E-state index contributed by atoms with van der Waals surface area (Å²) < 4.78 is 5.07. The van der Waals surface area contributed by atoms with Gasteiger partial charge in [0.05, 0.1) is 12.0 Å². The van der Waals surface area contributed by atoms with E-state index in [1.807, 2.05) is 19.9 Å². The number of hydrogen-bond acceptors (Lipinski definition) is 3. The van der Waals surface area contributed by atoms with Crippen molar-refractivity contribution in [3.63, 3.8) is 0 Å². The maximum absolute atomic E-state index is 12.3. The van der Waals surface area contributed by atoms with Crippen LogP contribution in [0.2, 0.25) is 0 Å². The Morgan fingerprint density at radius 2 is 2.05 bits per heavy atom. The van der Waals surface area contributed by atoms with Crippen molar-refractivity contribution < 1.29 is 19.4 Å². The number of carboxylic acid groups (broad SMARTS) is 1. The van der Waals surface area contributed by atoms with E-state index in [-0.39, 0.29) is 12.3 Å². The summed E-state index contributed by atoms with van der Waals surface area (Å²) in [4.78, 5) is 25.5. The van der Waals surface area contributed by atoms with Crippen molar-refractivity contribution in [1.29, 1.82) is 0 Å². The molecule has 0 bridgehead atoms. The molecular formula is C15H25NO4. The van der Waals surface area contributed by atoms with Gasteiger partial charge >= 0.3 is 5.97 Å². The molecule has 5 nitrogen and oxygen atoms in total. The molecule has 1 N–H and O–H groups in total. The third-order valence-electron chi connectivity index (χ3n) is 4.28. The van der Waals surface area contributed by atoms with Gasteiger partial charge in [-0.1, -0.05) is 19.9 Å². The van der Waals surface area contributed by atoms with Crippen LogP contribution in [0.25, 0.3) is 0 Å². The van der Waals surface area contributed by atoms with Crippen molar-refractivity contribution in [2.24, 2.45) is 5.41 Å². The van der Waals surface area contributed by atoms with E-state index in [1.54, 1.807) is 12.0 Å². The minimum atomic E-state index is -0.923. The fourth-order valence-electron chi connectivity index (χ4n) is 2.53. The lowest BCUT2D eigenvalue weighted by Gasteiger charge is -2.31. The zero-order valence-electron chi connectivity index (χ0n) is 12.6. The lowest BCUT2D eigenvalue weighted by atomic mass is 9.79. The zero-order chi connectivity index (χ0) is 15.2. The van der Waals surface area contributed by atoms with Crippen LogP contribution in [-0.4, -0.2) is 48.7 Å². The molecule has 0 atom stereocenters. The smallest absolute Gasteiger partial charge is 0.310 e. The summed E-state index contributed by atoms with van der Waals surface area (Å²) in [6, 6.07) is 0. The van der Waals surface area contributed by atoms with Crippen LogP contribution >= 0.6 is 0 Å². The first-order valence-corrected chi connectivity index (χ1v) is 7.17. The van der Waals surface area contributed by atoms with E-state index >= 15 is 0 Å². The molecule has 0 fully saturated rings. The molecule has 0 aromatic carbocycles. The van der Waals surface area contributed by atoms with Gasteiger partial charge in [-0.2, -0.15) is 0 Å². The summed E-state index contributed by atoms with van der Waals surface area (Å²) in [5.74, 6) is -0.938. The van der Waals surface area contributed by atoms with Crippen molar-refractivity contribution in [2.45, 2.75) is 39.5 Å². The molecule has 0 aliphatic carbocycles. The molecule has 0 spiro atoms. The Bertz CT molecular complexity index is 385. The minimum Gasteiger partial charge on any atom is -0.481 e. The van der Waals surface area contributed by atoms with Gasteiger partial charge < -0.3 is 14.7 Å². The van der Waals surface area contributed by atoms with Crippen molar-refractivity contribution in [1.82, 2.24) is 4.90 Å². The van der Waals surface area contributed by atoms with Gasteiger partial charge in [0.1, 0.15) is 0 Å². The van der Waals surface area contributed by atoms with E-state index in [0.29, 0.717) is 32.5 Å². The number of aliphatic carboxylic acids is 1. The van der Waals surface area contributed by atoms with Crippen LogP contribution < -0.4 is 0 Å². The summed E-state index contributed by atoms with van der Waals surface area (Å²) >= 11 is 0. The van der Waals surface area contributed by atoms with Gasteiger partial charge in [-0.3, -0.25) is 9.59 Å². The van der Waals surface area contributed by atoms with Gasteiger partial charge in [0, 0.05) is 26.6 Å². The van der Waals surface area contributed by atoms with Gasteiger partial charge in [0.15, 0.2) is 0 Å². The Labute approximate surface area is 120 Å². The van der Waals surface area contributed by atoms with Crippen molar-refractivity contribution in [2.75, 3.05) is 26.8 Å². The highest BCUT2D eigenvalue weighted by molar-refractivity contribution is 5.85. The monoisotopic (exact) mass is 283 g/mol. The van der Waals surface area contributed by atoms with Crippen LogP contribution in [0.1, 0.15) is 39.5 Å². The molecule has 114 valence electrons. The van der Waals surface area contributed by atoms with E-state index in [1.165, 1.54) is 5.57 Å². The highest BCUT2D eigenvalue weighted by atomic mass is 16.5. The van der Waals surface area contributed by atoms with Crippen molar-refractivity contribution >= 4 is 11.9 Å². The number of methoxy groups -OCH3 is 1. The summed E-state index contributed by atoms with van der Waals surface area (Å²) in [5.41, 5.74) is 0.278. The lowest BCUT2D eigenvalue weighted by molar-refractivity contribution is -0.154. The normalized spacial score (nSPS) is 15.9. The molecule has 1 aliphatic rings. The summed E-state index contributed by atoms with van der Waals surface area (Å²) in [6.45, 7) is 5.47. The van der Waals surface area contributed by atoms with E-state index in [2.05, 4.69) is 0 Å². The molecule has 20 heavy (non-hydrogen) atoms. The van der Waals surface area contributed by atoms with E-state index < -0.39 is 11.4 Å². The SMILES string of the molecule is CCC(CC)(CC(=O)N1CC=C(COC)CC1)C(=O)O. The van der Waals surface area contributed by atoms with Crippen LogP contribution in [0.5, 0.6) is 0 Å². The van der Waals surface area contributed by atoms with E-state index in [9.17, 15) is 14.7 Å². The number of hydrogen-bond donors (Lipinski definition) is 1. The number of carbonyl (C=O) groups is 2. The minimum absolute atomic E-state index is 0.0659. The van der Waals surface area contributed by atoms with Gasteiger partial charge in [-0.05, 0) is 24.8 Å². The molecule has 1 rings (SSSR count). The highest BCUT2D eigenvalue weighted by Crippen LogP contribution is 2.32. The molecule has 1 heterocycles. The summed E-state index contributed by atoms with van der Waals surface area (Å²) in [5, 5.41) is 9.38. The van der Waals surface area contributed by atoms with Gasteiger partial charge in [-0.25, -0.2) is 0 Å². The fourth-order valence-corrected chi connectivity index (χ4v) is 2.53. The van der Waals surface area contributed by atoms with E-state index in [0.717, 1.165) is 6.42 Å². The second-order valence-electron chi connectivity index (χ2n) is 5.35. The molecule has 1 amide bonds. The van der Waals surface area contributed by atoms with Crippen LogP contribution in [0.4, 0.5) is 0 Å². The number of ether oxygens (including phenoxy) is 1. The van der Waals surface area contributed by atoms with Crippen LogP contribution in [0, 0.1) is 5.41 Å². The predicted molar refractivity (Wildman–Crippen MR) is 76.4 cm³/mol. The topological polar surface area (TPSA) is 66.8 Å². The Balaban J connectivity index is 2.66. The maximum Gasteiger partial charge on any atom is 0.310 e. The molecule has 0 aromatic rings. The maximum atomic E-state index is 12.3. The average Bonchev–Trinajstić information content (AvgIpc) is 2.45. The lowest BCUT2D eigenvalue weighted by Crippen LogP contribution is -2.41. The van der Waals surface area contributed by atoms with Crippen LogP contribution in [0.15, 0.2) is 11.6 Å². The Kier molecular flexibility index (Phi) is 6.20. The first kappa shape index (κ1) is 16.7. The largest absolute Gasteiger partial charge is 0.481 e. The first-order valence-electron chi connectivity index (χ1n) is 7.17. The predicted octanol–water partition coefficient (Wildman–Crippen LogP) is 2.07. The third-order valence-corrected chi connectivity index (χ3v) is 4.28. The second-order valence-corrected chi connectivity index (χ2v) is 5.35. The summed E-state index contributed by atoms with van der Waals surface area (Å²) in [7, 11) is 1.65. The Morgan fingerprint density at radius 1 is 1.40 bits per heavy atom. The third kappa shape index (κ3) is 3.82. The fraction of sp³-hybridized carbons (Fsp3) is 0.733. The van der Waals surface area contributed by atoms with Crippen molar-refractivity contribution in [3.8, 4) is 0 Å². The standard InChI is InChI=1S/C15H25NO4/c1-4-15(5-2,14(18)19)10-13(17)16-8-6-12(7-9-16)11-20-3/h6H,4-5,7-11H2,1-3H3,(H,18,19). The average molecular weight is 283 g/mol. The molecule has 0 saturated heterocycles. The Hall–Kier alpha value is -1.36. The zero-order valence-corrected chi connectivity index (χ0v) is 12.6. The molecule has 1 aliphatic heterocycles. The Morgan fingerprint density at radius 3 is 2.45 bits per heavy atom. The molecule has 0 saturated carbocycles. The number of nitrogens with zero attached hydrogens (tertiary/aromatic N) is 1. The number of amides is 1. The first-order chi connectivity index (χ1) is 9.49. The number of rotatable bonds is 7. The van der Waals surface area contributed by atoms with Gasteiger partial charge in [0.25, 0.3) is 0 Å². The summed E-state index contributed by atoms with van der Waals surface area (Å²) in [6.07, 6.45) is 3.85. The molecule has 5 heteroatoms. The number of carbonyl (C=O) groups excluding carboxylic acids is 1. The van der Waals surface area contributed by atoms with Gasteiger partial charge in [0.2, 0.25) is 5.91 Å². The van der Waals surface area contributed by atoms with Crippen LogP contribution in [-0.2, 0) is 14.3 Å².